The summed E-state index contributed by atoms with van der Waals surface area (Å²) in [6, 6.07) is 2.48. The number of hydrogen-bond donors (Lipinski definition) is 0. The molecule has 4 rings (SSSR count). The standard InChI is InChI=1S/C17H20N4OS/c1-12-15(19-17(22-12)13-5-7-23-11-13)10-21-6-3-4-16(21)14-8-18-20(2)9-14/h5,7-9,11,16H,3-4,6,10H2,1-2H3. The van der Waals surface area contributed by atoms with Gasteiger partial charge in [0.05, 0.1) is 11.9 Å². The Balaban J connectivity index is 1.55. The van der Waals surface area contributed by atoms with Crippen LogP contribution in [0.1, 0.15) is 35.9 Å². The van der Waals surface area contributed by atoms with Gasteiger partial charge in [-0.2, -0.15) is 16.4 Å². The summed E-state index contributed by atoms with van der Waals surface area (Å²) in [5.41, 5.74) is 3.40. The lowest BCUT2D eigenvalue weighted by atomic mass is 10.1. The molecular formula is C17H20N4OS. The molecule has 0 saturated carbocycles. The summed E-state index contributed by atoms with van der Waals surface area (Å²) in [5.74, 6) is 1.65. The molecule has 23 heavy (non-hydrogen) atoms. The highest BCUT2D eigenvalue weighted by Gasteiger charge is 2.28. The molecule has 3 aromatic rings. The van der Waals surface area contributed by atoms with Gasteiger partial charge in [-0.05, 0) is 37.8 Å². The zero-order valence-electron chi connectivity index (χ0n) is 13.4. The molecule has 1 atom stereocenters. The first-order valence-corrected chi connectivity index (χ1v) is 8.86. The predicted molar refractivity (Wildman–Crippen MR) is 90.1 cm³/mol. The first-order valence-electron chi connectivity index (χ1n) is 7.92. The van der Waals surface area contributed by atoms with Crippen LogP contribution >= 0.6 is 11.3 Å². The zero-order valence-corrected chi connectivity index (χ0v) is 14.2. The van der Waals surface area contributed by atoms with E-state index in [1.54, 1.807) is 11.3 Å². The van der Waals surface area contributed by atoms with Crippen molar-refractivity contribution in [2.24, 2.45) is 7.05 Å². The first kappa shape index (κ1) is 14.7. The average Bonchev–Trinajstić information content (AvgIpc) is 3.28. The van der Waals surface area contributed by atoms with Crippen molar-refractivity contribution in [2.45, 2.75) is 32.4 Å². The maximum Gasteiger partial charge on any atom is 0.227 e. The third-order valence-corrected chi connectivity index (χ3v) is 5.17. The van der Waals surface area contributed by atoms with E-state index in [-0.39, 0.29) is 0 Å². The molecule has 1 saturated heterocycles. The summed E-state index contributed by atoms with van der Waals surface area (Å²) in [7, 11) is 1.97. The van der Waals surface area contributed by atoms with E-state index in [1.165, 1.54) is 18.4 Å². The Bertz CT molecular complexity index is 789. The van der Waals surface area contributed by atoms with Gasteiger partial charge in [0.15, 0.2) is 0 Å². The molecule has 6 heteroatoms. The van der Waals surface area contributed by atoms with Crippen LogP contribution in [0.15, 0.2) is 33.6 Å². The quantitative estimate of drug-likeness (QED) is 0.731. The molecule has 3 aromatic heterocycles. The summed E-state index contributed by atoms with van der Waals surface area (Å²) >= 11 is 1.66. The lowest BCUT2D eigenvalue weighted by Crippen LogP contribution is -2.23. The molecule has 120 valence electrons. The Morgan fingerprint density at radius 2 is 2.35 bits per heavy atom. The molecule has 0 aromatic carbocycles. The summed E-state index contributed by atoms with van der Waals surface area (Å²) in [4.78, 5) is 7.21. The van der Waals surface area contributed by atoms with E-state index in [4.69, 9.17) is 9.40 Å². The van der Waals surface area contributed by atoms with Crippen molar-refractivity contribution in [3.05, 3.63) is 46.2 Å². The molecule has 1 aliphatic heterocycles. The van der Waals surface area contributed by atoms with E-state index in [1.807, 2.05) is 36.3 Å². The topological polar surface area (TPSA) is 47.1 Å². The highest BCUT2D eigenvalue weighted by atomic mass is 32.1. The highest BCUT2D eigenvalue weighted by Crippen LogP contribution is 2.34. The second kappa shape index (κ2) is 5.94. The molecular weight excluding hydrogens is 308 g/mol. The van der Waals surface area contributed by atoms with Crippen LogP contribution in [0.3, 0.4) is 0 Å². The molecule has 0 spiro atoms. The van der Waals surface area contributed by atoms with E-state index in [2.05, 4.69) is 21.6 Å². The van der Waals surface area contributed by atoms with Crippen molar-refractivity contribution < 1.29 is 4.42 Å². The molecule has 1 fully saturated rings. The van der Waals surface area contributed by atoms with Crippen molar-refractivity contribution in [2.75, 3.05) is 6.54 Å². The van der Waals surface area contributed by atoms with Gasteiger partial charge in [-0.25, -0.2) is 4.98 Å². The van der Waals surface area contributed by atoms with Gasteiger partial charge in [0, 0.05) is 42.3 Å². The first-order chi connectivity index (χ1) is 11.2. The second-order valence-electron chi connectivity index (χ2n) is 6.11. The van der Waals surface area contributed by atoms with Gasteiger partial charge < -0.3 is 4.42 Å². The van der Waals surface area contributed by atoms with Crippen molar-refractivity contribution in [1.29, 1.82) is 0 Å². The van der Waals surface area contributed by atoms with Crippen LogP contribution in [-0.2, 0) is 13.6 Å². The number of thiophene rings is 1. The Morgan fingerprint density at radius 3 is 3.09 bits per heavy atom. The third-order valence-electron chi connectivity index (χ3n) is 4.49. The SMILES string of the molecule is Cc1oc(-c2ccsc2)nc1CN1CCCC1c1cnn(C)c1. The molecule has 4 heterocycles. The van der Waals surface area contributed by atoms with Crippen molar-refractivity contribution in [1.82, 2.24) is 19.7 Å². The monoisotopic (exact) mass is 328 g/mol. The van der Waals surface area contributed by atoms with Gasteiger partial charge in [0.1, 0.15) is 5.76 Å². The fraction of sp³-hybridized carbons (Fsp3) is 0.412. The summed E-state index contributed by atoms with van der Waals surface area (Å²) in [6.07, 6.45) is 6.50. The van der Waals surface area contributed by atoms with E-state index >= 15 is 0 Å². The number of rotatable bonds is 4. The zero-order chi connectivity index (χ0) is 15.8. The molecule has 0 bridgehead atoms. The largest absolute Gasteiger partial charge is 0.441 e. The van der Waals surface area contributed by atoms with Crippen LogP contribution < -0.4 is 0 Å². The normalized spacial score (nSPS) is 18.8. The lowest BCUT2D eigenvalue weighted by molar-refractivity contribution is 0.244. The van der Waals surface area contributed by atoms with Gasteiger partial charge >= 0.3 is 0 Å². The summed E-state index contributed by atoms with van der Waals surface area (Å²) in [5, 5.41) is 8.44. The maximum atomic E-state index is 5.87. The summed E-state index contributed by atoms with van der Waals surface area (Å²) in [6.45, 7) is 3.94. The average molecular weight is 328 g/mol. The van der Waals surface area contributed by atoms with Crippen LogP contribution in [0.4, 0.5) is 0 Å². The second-order valence-corrected chi connectivity index (χ2v) is 6.89. The van der Waals surface area contributed by atoms with Crippen LogP contribution in [-0.4, -0.2) is 26.2 Å². The fourth-order valence-electron chi connectivity index (χ4n) is 3.28. The van der Waals surface area contributed by atoms with Gasteiger partial charge in [-0.1, -0.05) is 0 Å². The number of oxazole rings is 1. The van der Waals surface area contributed by atoms with Gasteiger partial charge in [-0.15, -0.1) is 0 Å². The Hall–Kier alpha value is -1.92. The Kier molecular flexibility index (Phi) is 3.79. The van der Waals surface area contributed by atoms with Crippen LogP contribution in [0, 0.1) is 6.92 Å². The minimum absolute atomic E-state index is 0.435. The van der Waals surface area contributed by atoms with E-state index in [9.17, 15) is 0 Å². The number of aryl methyl sites for hydroxylation is 2. The number of likely N-dealkylation sites (tertiary alicyclic amines) is 1. The minimum Gasteiger partial charge on any atom is -0.441 e. The van der Waals surface area contributed by atoms with Gasteiger partial charge in [0.25, 0.3) is 0 Å². The van der Waals surface area contributed by atoms with Crippen LogP contribution in [0.2, 0.25) is 0 Å². The molecule has 1 unspecified atom stereocenters. The minimum atomic E-state index is 0.435. The van der Waals surface area contributed by atoms with Crippen LogP contribution in [0.5, 0.6) is 0 Å². The smallest absolute Gasteiger partial charge is 0.227 e. The predicted octanol–water partition coefficient (Wildman–Crippen LogP) is 3.78. The Labute approximate surface area is 139 Å². The van der Waals surface area contributed by atoms with Crippen molar-refractivity contribution >= 4 is 11.3 Å². The summed E-state index contributed by atoms with van der Waals surface area (Å²) < 4.78 is 7.74. The number of hydrogen-bond acceptors (Lipinski definition) is 5. The van der Waals surface area contributed by atoms with Gasteiger partial charge in [0.2, 0.25) is 5.89 Å². The fourth-order valence-corrected chi connectivity index (χ4v) is 3.91. The highest BCUT2D eigenvalue weighted by molar-refractivity contribution is 7.08. The van der Waals surface area contributed by atoms with Crippen molar-refractivity contribution in [3.8, 4) is 11.5 Å². The van der Waals surface area contributed by atoms with E-state index in [0.717, 1.165) is 36.0 Å². The van der Waals surface area contributed by atoms with E-state index in [0.29, 0.717) is 6.04 Å². The molecule has 0 amide bonds. The molecule has 5 nitrogen and oxygen atoms in total. The number of aromatic nitrogens is 3. The maximum absolute atomic E-state index is 5.87. The van der Waals surface area contributed by atoms with Gasteiger partial charge in [-0.3, -0.25) is 9.58 Å². The number of nitrogens with zero attached hydrogens (tertiary/aromatic N) is 4. The molecule has 0 aliphatic carbocycles. The van der Waals surface area contributed by atoms with E-state index < -0.39 is 0 Å². The molecule has 0 N–H and O–H groups in total. The molecule has 1 aliphatic rings. The molecule has 0 radical (unpaired) electrons. The third kappa shape index (κ3) is 2.84. The van der Waals surface area contributed by atoms with Crippen molar-refractivity contribution in [3.63, 3.8) is 0 Å². The Morgan fingerprint density at radius 1 is 1.43 bits per heavy atom. The lowest BCUT2D eigenvalue weighted by Gasteiger charge is -2.22. The van der Waals surface area contributed by atoms with Crippen LogP contribution in [0.25, 0.3) is 11.5 Å².